The van der Waals surface area contributed by atoms with E-state index in [2.05, 4.69) is 53.7 Å². The molecular formula is C23H33N3OS. The number of hydrogen-bond donors (Lipinski definition) is 0. The van der Waals surface area contributed by atoms with Crippen molar-refractivity contribution in [3.63, 3.8) is 0 Å². The zero-order valence-corrected chi connectivity index (χ0v) is 18.4. The molecule has 4 nitrogen and oxygen atoms in total. The first-order valence-corrected chi connectivity index (χ1v) is 11.8. The van der Waals surface area contributed by atoms with E-state index in [9.17, 15) is 4.79 Å². The van der Waals surface area contributed by atoms with Gasteiger partial charge in [0.1, 0.15) is 11.6 Å². The Morgan fingerprint density at radius 2 is 1.86 bits per heavy atom. The molecule has 1 aliphatic carbocycles. The van der Waals surface area contributed by atoms with Crippen LogP contribution in [0.5, 0.6) is 0 Å². The minimum atomic E-state index is 0.262. The number of benzene rings is 1. The molecule has 2 aromatic rings. The van der Waals surface area contributed by atoms with Crippen LogP contribution in [-0.2, 0) is 30.6 Å². The van der Waals surface area contributed by atoms with Gasteiger partial charge in [0.15, 0.2) is 5.16 Å². The molecule has 0 spiro atoms. The van der Waals surface area contributed by atoms with Crippen LogP contribution in [0.1, 0.15) is 81.3 Å². The highest BCUT2D eigenvalue weighted by molar-refractivity contribution is 7.99. The van der Waals surface area contributed by atoms with E-state index in [1.54, 1.807) is 11.8 Å². The molecule has 1 aliphatic rings. The second-order valence-corrected chi connectivity index (χ2v) is 8.68. The lowest BCUT2D eigenvalue weighted by Crippen LogP contribution is -2.13. The van der Waals surface area contributed by atoms with E-state index in [0.29, 0.717) is 18.1 Å². The fourth-order valence-electron chi connectivity index (χ4n) is 4.18. The summed E-state index contributed by atoms with van der Waals surface area (Å²) in [7, 11) is 0. The van der Waals surface area contributed by atoms with Crippen molar-refractivity contribution in [2.45, 2.75) is 89.8 Å². The molecular weight excluding hydrogens is 366 g/mol. The third kappa shape index (κ3) is 5.05. The van der Waals surface area contributed by atoms with E-state index in [4.69, 9.17) is 0 Å². The number of carbonyl (C=O) groups is 1. The van der Waals surface area contributed by atoms with Gasteiger partial charge in [0.25, 0.3) is 0 Å². The van der Waals surface area contributed by atoms with E-state index in [1.807, 2.05) is 0 Å². The van der Waals surface area contributed by atoms with Gasteiger partial charge in [-0.3, -0.25) is 4.79 Å². The standard InChI is InChI=1S/C23H33N3OS/c1-4-17-12-13-18(5-2)20(14-17)15-21(27)16-28-23-25-24-22(26(23)6-3)19-10-8-7-9-11-19/h12-14,19H,4-11,15-16H2,1-3H3. The van der Waals surface area contributed by atoms with Gasteiger partial charge in [-0.1, -0.05) is 63.1 Å². The minimum Gasteiger partial charge on any atom is -0.306 e. The molecule has 1 saturated carbocycles. The van der Waals surface area contributed by atoms with Crippen molar-refractivity contribution in [1.29, 1.82) is 0 Å². The highest BCUT2D eigenvalue weighted by atomic mass is 32.2. The molecule has 0 N–H and O–H groups in total. The quantitative estimate of drug-likeness (QED) is 0.532. The molecule has 28 heavy (non-hydrogen) atoms. The van der Waals surface area contributed by atoms with Gasteiger partial charge >= 0.3 is 0 Å². The van der Waals surface area contributed by atoms with Gasteiger partial charge in [-0.05, 0) is 49.3 Å². The number of ketones is 1. The highest BCUT2D eigenvalue weighted by Gasteiger charge is 2.23. The lowest BCUT2D eigenvalue weighted by atomic mass is 9.89. The van der Waals surface area contributed by atoms with E-state index in [1.165, 1.54) is 48.8 Å². The smallest absolute Gasteiger partial charge is 0.191 e. The Labute approximate surface area is 173 Å². The van der Waals surface area contributed by atoms with E-state index in [-0.39, 0.29) is 5.78 Å². The summed E-state index contributed by atoms with van der Waals surface area (Å²) in [6.07, 6.45) is 8.84. The van der Waals surface area contributed by atoms with Crippen molar-refractivity contribution in [3.05, 3.63) is 40.7 Å². The first-order valence-electron chi connectivity index (χ1n) is 10.8. The summed E-state index contributed by atoms with van der Waals surface area (Å²) < 4.78 is 2.23. The number of aromatic nitrogens is 3. The molecule has 0 amide bonds. The highest BCUT2D eigenvalue weighted by Crippen LogP contribution is 2.33. The molecule has 0 aliphatic heterocycles. The predicted octanol–water partition coefficient (Wildman–Crippen LogP) is 5.37. The lowest BCUT2D eigenvalue weighted by molar-refractivity contribution is -0.116. The molecule has 0 atom stereocenters. The van der Waals surface area contributed by atoms with Crippen molar-refractivity contribution in [2.24, 2.45) is 0 Å². The van der Waals surface area contributed by atoms with Crippen LogP contribution in [-0.4, -0.2) is 26.3 Å². The molecule has 1 aromatic carbocycles. The van der Waals surface area contributed by atoms with Crippen LogP contribution < -0.4 is 0 Å². The Morgan fingerprint density at radius 3 is 2.54 bits per heavy atom. The SMILES string of the molecule is CCc1ccc(CC)c(CC(=O)CSc2nnc(C3CCCCC3)n2CC)c1. The maximum Gasteiger partial charge on any atom is 0.191 e. The first kappa shape index (κ1) is 21.1. The van der Waals surface area contributed by atoms with Crippen LogP contribution in [0.15, 0.2) is 23.4 Å². The maximum absolute atomic E-state index is 12.7. The Kier molecular flexibility index (Phi) is 7.72. The maximum atomic E-state index is 12.7. The monoisotopic (exact) mass is 399 g/mol. The van der Waals surface area contributed by atoms with Crippen LogP contribution in [0.4, 0.5) is 0 Å². The van der Waals surface area contributed by atoms with Gasteiger partial charge in [-0.2, -0.15) is 0 Å². The van der Waals surface area contributed by atoms with Gasteiger partial charge in [0, 0.05) is 18.9 Å². The second kappa shape index (κ2) is 10.2. The Balaban J connectivity index is 1.64. The first-order chi connectivity index (χ1) is 13.7. The Hall–Kier alpha value is -1.62. The van der Waals surface area contributed by atoms with Crippen molar-refractivity contribution < 1.29 is 4.79 Å². The molecule has 0 radical (unpaired) electrons. The van der Waals surface area contributed by atoms with E-state index < -0.39 is 0 Å². The summed E-state index contributed by atoms with van der Waals surface area (Å²) in [6, 6.07) is 6.56. The van der Waals surface area contributed by atoms with Crippen LogP contribution in [0, 0.1) is 0 Å². The van der Waals surface area contributed by atoms with E-state index in [0.717, 1.165) is 30.4 Å². The number of rotatable bonds is 9. The molecule has 5 heteroatoms. The minimum absolute atomic E-state index is 0.262. The second-order valence-electron chi connectivity index (χ2n) is 7.73. The van der Waals surface area contributed by atoms with Gasteiger partial charge in [0.05, 0.1) is 5.75 Å². The molecule has 1 heterocycles. The number of aryl methyl sites for hydroxylation is 2. The fourth-order valence-corrected chi connectivity index (χ4v) is 5.05. The topological polar surface area (TPSA) is 47.8 Å². The normalized spacial score (nSPS) is 15.1. The summed E-state index contributed by atoms with van der Waals surface area (Å²) in [6.45, 7) is 7.32. The number of Topliss-reactive ketones (excluding diaryl/α,β-unsaturated/α-hetero) is 1. The van der Waals surface area contributed by atoms with Crippen LogP contribution in [0.2, 0.25) is 0 Å². The fraction of sp³-hybridized carbons (Fsp3) is 0.609. The van der Waals surface area contributed by atoms with Gasteiger partial charge in [0.2, 0.25) is 0 Å². The van der Waals surface area contributed by atoms with Crippen LogP contribution in [0.25, 0.3) is 0 Å². The van der Waals surface area contributed by atoms with Crippen LogP contribution >= 0.6 is 11.8 Å². The Bertz CT molecular complexity index is 793. The largest absolute Gasteiger partial charge is 0.306 e. The summed E-state index contributed by atoms with van der Waals surface area (Å²) >= 11 is 1.55. The molecule has 3 rings (SSSR count). The van der Waals surface area contributed by atoms with E-state index >= 15 is 0 Å². The van der Waals surface area contributed by atoms with Crippen molar-refractivity contribution in [1.82, 2.24) is 14.8 Å². The average Bonchev–Trinajstić information content (AvgIpc) is 3.15. The van der Waals surface area contributed by atoms with Gasteiger partial charge < -0.3 is 4.57 Å². The zero-order chi connectivity index (χ0) is 19.9. The summed E-state index contributed by atoms with van der Waals surface area (Å²) in [5, 5.41) is 9.83. The number of nitrogens with zero attached hydrogens (tertiary/aromatic N) is 3. The third-order valence-electron chi connectivity index (χ3n) is 5.84. The lowest BCUT2D eigenvalue weighted by Gasteiger charge is -2.21. The predicted molar refractivity (Wildman–Crippen MR) is 116 cm³/mol. The number of carbonyl (C=O) groups excluding carboxylic acids is 1. The number of thioether (sulfide) groups is 1. The molecule has 0 unspecified atom stereocenters. The van der Waals surface area contributed by atoms with Crippen LogP contribution in [0.3, 0.4) is 0 Å². The molecule has 0 bridgehead atoms. The molecule has 1 aromatic heterocycles. The van der Waals surface area contributed by atoms with Gasteiger partial charge in [-0.25, -0.2) is 0 Å². The molecule has 152 valence electrons. The summed E-state index contributed by atoms with van der Waals surface area (Å²) in [4.78, 5) is 12.7. The Morgan fingerprint density at radius 1 is 1.07 bits per heavy atom. The average molecular weight is 400 g/mol. The van der Waals surface area contributed by atoms with Crippen molar-refractivity contribution in [2.75, 3.05) is 5.75 Å². The van der Waals surface area contributed by atoms with Gasteiger partial charge in [-0.15, -0.1) is 10.2 Å². The van der Waals surface area contributed by atoms with Crippen molar-refractivity contribution >= 4 is 17.5 Å². The number of hydrogen-bond acceptors (Lipinski definition) is 4. The molecule has 0 saturated heterocycles. The zero-order valence-electron chi connectivity index (χ0n) is 17.5. The van der Waals surface area contributed by atoms with Crippen molar-refractivity contribution in [3.8, 4) is 0 Å². The summed E-state index contributed by atoms with van der Waals surface area (Å²) in [5.74, 6) is 2.39. The summed E-state index contributed by atoms with van der Waals surface area (Å²) in [5.41, 5.74) is 3.77. The molecule has 1 fully saturated rings. The third-order valence-corrected chi connectivity index (χ3v) is 6.87.